The van der Waals surface area contributed by atoms with Crippen molar-refractivity contribution in [2.24, 2.45) is 0 Å². The molecule has 0 aliphatic heterocycles. The van der Waals surface area contributed by atoms with Gasteiger partial charge in [-0.1, -0.05) is 83.1 Å². The first-order valence-electron chi connectivity index (χ1n) is 12.6. The summed E-state index contributed by atoms with van der Waals surface area (Å²) >= 11 is 0. The molecule has 0 unspecified atom stereocenters. The normalized spacial score (nSPS) is 9.16. The molecule has 0 N–H and O–H groups in total. The molecule has 0 fully saturated rings. The van der Waals surface area contributed by atoms with Crippen LogP contribution in [0.2, 0.25) is 0 Å². The number of hydrogen-bond donors (Lipinski definition) is 0. The van der Waals surface area contributed by atoms with Gasteiger partial charge in [0, 0.05) is 0 Å². The predicted octanol–water partition coefficient (Wildman–Crippen LogP) is 9.64. The zero-order chi connectivity index (χ0) is 27.4. The zero-order valence-corrected chi connectivity index (χ0v) is 27.5. The summed E-state index contributed by atoms with van der Waals surface area (Å²) in [5, 5.41) is 0. The Labute approximate surface area is 255 Å². The van der Waals surface area contributed by atoms with E-state index < -0.39 is 0 Å². The van der Waals surface area contributed by atoms with Crippen LogP contribution in [0.3, 0.4) is 0 Å². The van der Waals surface area contributed by atoms with Gasteiger partial charge in [0.25, 0.3) is 0 Å². The minimum absolute atomic E-state index is 0. The van der Waals surface area contributed by atoms with Gasteiger partial charge in [0.2, 0.25) is 0 Å². The summed E-state index contributed by atoms with van der Waals surface area (Å²) in [4.78, 5) is 0. The van der Waals surface area contributed by atoms with E-state index in [0.717, 1.165) is 0 Å². The van der Waals surface area contributed by atoms with E-state index in [2.05, 4.69) is 156 Å². The van der Waals surface area contributed by atoms with Crippen molar-refractivity contribution in [2.75, 3.05) is 0 Å². The Kier molecular flexibility index (Phi) is 19.1. The molecule has 0 aliphatic carbocycles. The monoisotopic (exact) mass is 588 g/mol. The van der Waals surface area contributed by atoms with E-state index in [0.29, 0.717) is 0 Å². The van der Waals surface area contributed by atoms with E-state index >= 15 is 0 Å². The minimum atomic E-state index is 0. The fourth-order valence-electron chi connectivity index (χ4n) is 4.43. The molecule has 0 bridgehead atoms. The van der Waals surface area contributed by atoms with Gasteiger partial charge in [-0.05, 0) is 0 Å². The minimum Gasteiger partial charge on any atom is -0.177 e. The van der Waals surface area contributed by atoms with Crippen molar-refractivity contribution < 1.29 is 34.1 Å². The standard InChI is InChI=1S/4C9H11.2Fe/c4*1-7-4-8(2)6-9(3)5-7;;/h4*4-5H,1-3H3;;/q4*-1;2*+2. The SMILES string of the molecule is Cc1[c-]c(C)cc(C)c1.Cc1[c-]c(C)cc(C)c1.Cc1[c-]c(C)cc(C)c1.Cc1[c-]c(C)cc(C)c1.[Fe+2].[Fe+2]. The van der Waals surface area contributed by atoms with Crippen LogP contribution < -0.4 is 0 Å². The zero-order valence-electron chi connectivity index (χ0n) is 25.3. The van der Waals surface area contributed by atoms with Gasteiger partial charge < -0.3 is 0 Å². The van der Waals surface area contributed by atoms with Gasteiger partial charge >= 0.3 is 34.1 Å². The van der Waals surface area contributed by atoms with E-state index in [4.69, 9.17) is 0 Å². The van der Waals surface area contributed by atoms with Crippen molar-refractivity contribution in [1.29, 1.82) is 0 Å². The molecule has 0 aliphatic rings. The smallest absolute Gasteiger partial charge is 0.177 e. The maximum atomic E-state index is 3.21. The molecule has 0 nitrogen and oxygen atoms in total. The van der Waals surface area contributed by atoms with Crippen molar-refractivity contribution >= 4 is 0 Å². The van der Waals surface area contributed by atoms with E-state index in [1.165, 1.54) is 66.8 Å². The van der Waals surface area contributed by atoms with Crippen molar-refractivity contribution in [3.8, 4) is 0 Å². The van der Waals surface area contributed by atoms with Gasteiger partial charge in [-0.2, -0.15) is 140 Å². The van der Waals surface area contributed by atoms with Crippen LogP contribution in [0, 0.1) is 107 Å². The van der Waals surface area contributed by atoms with Crippen molar-refractivity contribution in [1.82, 2.24) is 0 Å². The van der Waals surface area contributed by atoms with Gasteiger partial charge in [0.1, 0.15) is 0 Å². The summed E-state index contributed by atoms with van der Waals surface area (Å²) in [7, 11) is 0. The van der Waals surface area contributed by atoms with Gasteiger partial charge in [-0.3, -0.25) is 0 Å². The first-order chi connectivity index (χ1) is 16.7. The Bertz CT molecular complexity index is 853. The van der Waals surface area contributed by atoms with Gasteiger partial charge in [-0.25, -0.2) is 0 Å². The third-order valence-electron chi connectivity index (χ3n) is 5.13. The Balaban J connectivity index is 0. The van der Waals surface area contributed by atoms with Crippen LogP contribution in [0.1, 0.15) is 66.8 Å². The molecule has 0 saturated carbocycles. The summed E-state index contributed by atoms with van der Waals surface area (Å²) in [6.45, 7) is 25.0. The summed E-state index contributed by atoms with van der Waals surface area (Å²) in [5.74, 6) is 0. The average Bonchev–Trinajstić information content (AvgIpc) is 2.64. The fourth-order valence-corrected chi connectivity index (χ4v) is 4.43. The molecule has 38 heavy (non-hydrogen) atoms. The molecule has 4 rings (SSSR count). The maximum absolute atomic E-state index is 3.21. The molecule has 204 valence electrons. The first kappa shape index (κ1) is 38.1. The summed E-state index contributed by atoms with van der Waals surface area (Å²) in [6, 6.07) is 29.9. The molecule has 0 saturated heterocycles. The molecular weight excluding hydrogens is 544 g/mol. The number of benzene rings is 4. The van der Waals surface area contributed by atoms with Gasteiger partial charge in [-0.15, -0.1) is 0 Å². The van der Waals surface area contributed by atoms with Crippen LogP contribution >= 0.6 is 0 Å². The Morgan fingerprint density at radius 2 is 0.368 bits per heavy atom. The third-order valence-corrected chi connectivity index (χ3v) is 5.13. The molecule has 0 radical (unpaired) electrons. The molecule has 0 atom stereocenters. The van der Waals surface area contributed by atoms with Gasteiger partial charge in [0.05, 0.1) is 0 Å². The van der Waals surface area contributed by atoms with Crippen LogP contribution in [-0.4, -0.2) is 0 Å². The quantitative estimate of drug-likeness (QED) is 0.142. The summed E-state index contributed by atoms with van der Waals surface area (Å²) < 4.78 is 0. The van der Waals surface area contributed by atoms with Crippen molar-refractivity contribution in [3.63, 3.8) is 0 Å². The van der Waals surface area contributed by atoms with E-state index in [9.17, 15) is 0 Å². The second kappa shape index (κ2) is 19.1. The number of aryl methyl sites for hydroxylation is 12. The molecule has 0 amide bonds. The van der Waals surface area contributed by atoms with Crippen LogP contribution in [0.4, 0.5) is 0 Å². The van der Waals surface area contributed by atoms with Crippen LogP contribution in [0.5, 0.6) is 0 Å². The van der Waals surface area contributed by atoms with Crippen LogP contribution in [-0.2, 0) is 34.1 Å². The van der Waals surface area contributed by atoms with E-state index in [1.54, 1.807) is 0 Å². The first-order valence-corrected chi connectivity index (χ1v) is 12.6. The van der Waals surface area contributed by atoms with Crippen LogP contribution in [0.15, 0.2) is 48.5 Å². The van der Waals surface area contributed by atoms with Crippen molar-refractivity contribution in [3.05, 3.63) is 140 Å². The van der Waals surface area contributed by atoms with Crippen molar-refractivity contribution in [2.45, 2.75) is 83.1 Å². The molecule has 0 heterocycles. The second-order valence-corrected chi connectivity index (χ2v) is 10.1. The topological polar surface area (TPSA) is 0 Å². The predicted molar refractivity (Wildman–Crippen MR) is 158 cm³/mol. The largest absolute Gasteiger partial charge is 2.00 e. The Morgan fingerprint density at radius 1 is 0.263 bits per heavy atom. The Hall–Kier alpha value is -2.08. The summed E-state index contributed by atoms with van der Waals surface area (Å²) in [6.07, 6.45) is 0. The number of rotatable bonds is 0. The van der Waals surface area contributed by atoms with E-state index in [-0.39, 0.29) is 34.1 Å². The molecule has 2 heteroatoms. The maximum Gasteiger partial charge on any atom is 2.00 e. The molecule has 0 aromatic heterocycles. The molecule has 0 spiro atoms. The number of hydrogen-bond acceptors (Lipinski definition) is 0. The average molecular weight is 588 g/mol. The second-order valence-electron chi connectivity index (χ2n) is 10.1. The molecule has 4 aromatic rings. The van der Waals surface area contributed by atoms with Gasteiger partial charge in [0.15, 0.2) is 0 Å². The van der Waals surface area contributed by atoms with Crippen LogP contribution in [0.25, 0.3) is 0 Å². The Morgan fingerprint density at radius 3 is 0.447 bits per heavy atom. The fraction of sp³-hybridized carbons (Fsp3) is 0.333. The third kappa shape index (κ3) is 17.4. The molecule has 4 aromatic carbocycles. The molecular formula is C36H44Fe2. The van der Waals surface area contributed by atoms with E-state index in [1.807, 2.05) is 0 Å². The summed E-state index contributed by atoms with van der Waals surface area (Å²) in [5.41, 5.74) is 15.1.